The van der Waals surface area contributed by atoms with Gasteiger partial charge in [0.05, 0.1) is 4.47 Å². The molecule has 1 aliphatic carbocycles. The van der Waals surface area contributed by atoms with Crippen LogP contribution in [0, 0.1) is 18.7 Å². The van der Waals surface area contributed by atoms with Gasteiger partial charge in [-0.1, -0.05) is 12.8 Å². The molecule has 1 aromatic carbocycles. The molecule has 16 heavy (non-hydrogen) atoms. The number of anilines is 1. The Hall–Kier alpha value is -0.570. The SMILES string of the molecule is Cc1cc(Br)c(F)cc1NCC1CCCC1. The monoisotopic (exact) mass is 285 g/mol. The fourth-order valence-electron chi connectivity index (χ4n) is 2.31. The molecule has 88 valence electrons. The van der Waals surface area contributed by atoms with E-state index in [2.05, 4.69) is 21.2 Å². The van der Waals surface area contributed by atoms with Gasteiger partial charge in [-0.15, -0.1) is 0 Å². The summed E-state index contributed by atoms with van der Waals surface area (Å²) in [7, 11) is 0. The zero-order valence-corrected chi connectivity index (χ0v) is 11.1. The van der Waals surface area contributed by atoms with Crippen LogP contribution in [0.4, 0.5) is 10.1 Å². The quantitative estimate of drug-likeness (QED) is 0.862. The molecule has 0 atom stereocenters. The smallest absolute Gasteiger partial charge is 0.139 e. The molecule has 0 radical (unpaired) electrons. The summed E-state index contributed by atoms with van der Waals surface area (Å²) in [5, 5.41) is 3.36. The average molecular weight is 286 g/mol. The van der Waals surface area contributed by atoms with Gasteiger partial charge in [0, 0.05) is 12.2 Å². The lowest BCUT2D eigenvalue weighted by molar-refractivity contribution is 0.578. The van der Waals surface area contributed by atoms with Crippen LogP contribution < -0.4 is 5.32 Å². The van der Waals surface area contributed by atoms with E-state index in [1.165, 1.54) is 25.7 Å². The van der Waals surface area contributed by atoms with Crippen molar-refractivity contribution in [1.29, 1.82) is 0 Å². The highest BCUT2D eigenvalue weighted by Gasteiger charge is 2.15. The maximum Gasteiger partial charge on any atom is 0.139 e. The number of halogens is 2. The van der Waals surface area contributed by atoms with Gasteiger partial charge in [-0.25, -0.2) is 4.39 Å². The molecular formula is C13H17BrFN. The van der Waals surface area contributed by atoms with Crippen molar-refractivity contribution in [3.05, 3.63) is 28.0 Å². The first-order chi connectivity index (χ1) is 7.66. The fraction of sp³-hybridized carbons (Fsp3) is 0.538. The van der Waals surface area contributed by atoms with Crippen LogP contribution in [0.25, 0.3) is 0 Å². The molecule has 1 N–H and O–H groups in total. The first-order valence-electron chi connectivity index (χ1n) is 5.86. The van der Waals surface area contributed by atoms with E-state index in [1.54, 1.807) is 6.07 Å². The summed E-state index contributed by atoms with van der Waals surface area (Å²) < 4.78 is 13.9. The molecule has 0 amide bonds. The Morgan fingerprint density at radius 3 is 2.75 bits per heavy atom. The first kappa shape index (κ1) is 11.9. The van der Waals surface area contributed by atoms with Crippen molar-refractivity contribution in [2.24, 2.45) is 5.92 Å². The topological polar surface area (TPSA) is 12.0 Å². The lowest BCUT2D eigenvalue weighted by Crippen LogP contribution is -2.11. The minimum Gasteiger partial charge on any atom is -0.384 e. The van der Waals surface area contributed by atoms with Crippen molar-refractivity contribution in [1.82, 2.24) is 0 Å². The number of nitrogens with one attached hydrogen (secondary N) is 1. The van der Waals surface area contributed by atoms with Gasteiger partial charge in [0.2, 0.25) is 0 Å². The Morgan fingerprint density at radius 1 is 1.38 bits per heavy atom. The van der Waals surface area contributed by atoms with Gasteiger partial charge in [-0.05, 0) is 59.3 Å². The third kappa shape index (κ3) is 2.76. The standard InChI is InChI=1S/C13H17BrFN/c1-9-6-11(14)12(15)7-13(9)16-8-10-4-2-3-5-10/h6-7,10,16H,2-5,8H2,1H3. The van der Waals surface area contributed by atoms with Crippen LogP contribution in [0.1, 0.15) is 31.2 Å². The first-order valence-corrected chi connectivity index (χ1v) is 6.65. The van der Waals surface area contributed by atoms with E-state index in [4.69, 9.17) is 0 Å². The molecule has 3 heteroatoms. The summed E-state index contributed by atoms with van der Waals surface area (Å²) in [6.45, 7) is 2.98. The molecule has 0 unspecified atom stereocenters. The Kier molecular flexibility index (Phi) is 3.85. The molecule has 0 bridgehead atoms. The molecule has 1 fully saturated rings. The highest BCUT2D eigenvalue weighted by molar-refractivity contribution is 9.10. The molecule has 0 aliphatic heterocycles. The fourth-order valence-corrected chi connectivity index (χ4v) is 2.76. The van der Waals surface area contributed by atoms with Crippen LogP contribution in [-0.2, 0) is 0 Å². The third-order valence-electron chi connectivity index (χ3n) is 3.32. The highest BCUT2D eigenvalue weighted by atomic mass is 79.9. The Morgan fingerprint density at radius 2 is 2.06 bits per heavy atom. The maximum atomic E-state index is 13.4. The van der Waals surface area contributed by atoms with Crippen molar-refractivity contribution in [3.63, 3.8) is 0 Å². The summed E-state index contributed by atoms with van der Waals surface area (Å²) >= 11 is 3.19. The second-order valence-electron chi connectivity index (χ2n) is 4.61. The second kappa shape index (κ2) is 5.17. The molecule has 1 saturated carbocycles. The van der Waals surface area contributed by atoms with E-state index in [0.717, 1.165) is 23.7 Å². The summed E-state index contributed by atoms with van der Waals surface area (Å²) in [5.74, 6) is 0.575. The van der Waals surface area contributed by atoms with E-state index in [0.29, 0.717) is 4.47 Å². The summed E-state index contributed by atoms with van der Waals surface area (Å²) in [6.07, 6.45) is 5.32. The molecule has 0 aromatic heterocycles. The minimum atomic E-state index is -0.195. The number of benzene rings is 1. The van der Waals surface area contributed by atoms with Crippen molar-refractivity contribution < 1.29 is 4.39 Å². The molecule has 0 spiro atoms. The zero-order chi connectivity index (χ0) is 11.5. The van der Waals surface area contributed by atoms with E-state index in [1.807, 2.05) is 13.0 Å². The van der Waals surface area contributed by atoms with Crippen LogP contribution in [0.3, 0.4) is 0 Å². The van der Waals surface area contributed by atoms with Gasteiger partial charge in [0.1, 0.15) is 5.82 Å². The predicted molar refractivity (Wildman–Crippen MR) is 69.3 cm³/mol. The van der Waals surface area contributed by atoms with Gasteiger partial charge in [0.15, 0.2) is 0 Å². The zero-order valence-electron chi connectivity index (χ0n) is 9.52. The number of rotatable bonds is 3. The van der Waals surface area contributed by atoms with Gasteiger partial charge < -0.3 is 5.32 Å². The van der Waals surface area contributed by atoms with E-state index >= 15 is 0 Å². The third-order valence-corrected chi connectivity index (χ3v) is 3.93. The van der Waals surface area contributed by atoms with Crippen LogP contribution >= 0.6 is 15.9 Å². The van der Waals surface area contributed by atoms with Crippen molar-refractivity contribution in [3.8, 4) is 0 Å². The van der Waals surface area contributed by atoms with Crippen LogP contribution in [-0.4, -0.2) is 6.54 Å². The highest BCUT2D eigenvalue weighted by Crippen LogP contribution is 2.27. The number of hydrogen-bond acceptors (Lipinski definition) is 1. The second-order valence-corrected chi connectivity index (χ2v) is 5.47. The van der Waals surface area contributed by atoms with Crippen LogP contribution in [0.2, 0.25) is 0 Å². The number of hydrogen-bond donors (Lipinski definition) is 1. The van der Waals surface area contributed by atoms with E-state index in [-0.39, 0.29) is 5.82 Å². The average Bonchev–Trinajstić information content (AvgIpc) is 2.74. The van der Waals surface area contributed by atoms with Crippen molar-refractivity contribution in [2.75, 3.05) is 11.9 Å². The largest absolute Gasteiger partial charge is 0.384 e. The molecule has 1 aromatic rings. The van der Waals surface area contributed by atoms with Crippen molar-refractivity contribution in [2.45, 2.75) is 32.6 Å². The molecule has 0 saturated heterocycles. The molecule has 1 aliphatic rings. The van der Waals surface area contributed by atoms with Gasteiger partial charge in [-0.2, -0.15) is 0 Å². The molecule has 2 rings (SSSR count). The van der Waals surface area contributed by atoms with Gasteiger partial charge in [0.25, 0.3) is 0 Å². The lowest BCUT2D eigenvalue weighted by atomic mass is 10.1. The van der Waals surface area contributed by atoms with E-state index < -0.39 is 0 Å². The summed E-state index contributed by atoms with van der Waals surface area (Å²) in [6, 6.07) is 3.40. The number of aryl methyl sites for hydroxylation is 1. The van der Waals surface area contributed by atoms with Crippen LogP contribution in [0.15, 0.2) is 16.6 Å². The Bertz CT molecular complexity index is 372. The molecular weight excluding hydrogens is 269 g/mol. The van der Waals surface area contributed by atoms with Gasteiger partial charge >= 0.3 is 0 Å². The summed E-state index contributed by atoms with van der Waals surface area (Å²) in [4.78, 5) is 0. The lowest BCUT2D eigenvalue weighted by Gasteiger charge is -2.14. The summed E-state index contributed by atoms with van der Waals surface area (Å²) in [5.41, 5.74) is 2.01. The molecule has 1 nitrogen and oxygen atoms in total. The Balaban J connectivity index is 2.00. The Labute approximate surface area is 105 Å². The van der Waals surface area contributed by atoms with Crippen LogP contribution in [0.5, 0.6) is 0 Å². The maximum absolute atomic E-state index is 13.4. The minimum absolute atomic E-state index is 0.195. The van der Waals surface area contributed by atoms with Gasteiger partial charge in [-0.3, -0.25) is 0 Å². The predicted octanol–water partition coefficient (Wildman–Crippen LogP) is 4.50. The van der Waals surface area contributed by atoms with Crippen molar-refractivity contribution >= 4 is 21.6 Å². The molecule has 0 heterocycles. The normalized spacial score (nSPS) is 16.7. The van der Waals surface area contributed by atoms with E-state index in [9.17, 15) is 4.39 Å².